The maximum atomic E-state index is 4.78. The van der Waals surface area contributed by atoms with Crippen molar-refractivity contribution in [2.24, 2.45) is 10.9 Å². The summed E-state index contributed by atoms with van der Waals surface area (Å²) < 4.78 is 0. The van der Waals surface area contributed by atoms with Gasteiger partial charge in [0.15, 0.2) is 5.17 Å². The number of thioether (sulfide) groups is 1. The fourth-order valence-electron chi connectivity index (χ4n) is 3.32. The molecule has 0 spiro atoms. The topological polar surface area (TPSA) is 24.4 Å². The summed E-state index contributed by atoms with van der Waals surface area (Å²) in [5, 5.41) is 5.67. The predicted octanol–water partition coefficient (Wildman–Crippen LogP) is 4.20. The zero-order valence-corrected chi connectivity index (χ0v) is 12.9. The van der Waals surface area contributed by atoms with E-state index >= 15 is 0 Å². The molecule has 3 atom stereocenters. The lowest BCUT2D eigenvalue weighted by Crippen LogP contribution is -2.41. The summed E-state index contributed by atoms with van der Waals surface area (Å²) in [6.45, 7) is 6.87. The van der Waals surface area contributed by atoms with Crippen LogP contribution in [-0.2, 0) is 0 Å². The van der Waals surface area contributed by atoms with Crippen molar-refractivity contribution >= 4 is 16.9 Å². The van der Waals surface area contributed by atoms with Gasteiger partial charge in [-0.25, -0.2) is 0 Å². The van der Waals surface area contributed by atoms with Crippen LogP contribution < -0.4 is 5.32 Å². The van der Waals surface area contributed by atoms with Crippen LogP contribution in [0.15, 0.2) is 4.99 Å². The van der Waals surface area contributed by atoms with Gasteiger partial charge < -0.3 is 5.32 Å². The molecule has 1 fully saturated rings. The van der Waals surface area contributed by atoms with Gasteiger partial charge in [-0.3, -0.25) is 4.99 Å². The van der Waals surface area contributed by atoms with Gasteiger partial charge in [0, 0.05) is 11.3 Å². The first kappa shape index (κ1) is 14.2. The Morgan fingerprint density at radius 2 is 2.00 bits per heavy atom. The van der Waals surface area contributed by atoms with Gasteiger partial charge >= 0.3 is 0 Å². The molecule has 1 saturated carbocycles. The fourth-order valence-corrected chi connectivity index (χ4v) is 4.54. The summed E-state index contributed by atoms with van der Waals surface area (Å²) in [6.07, 6.45) is 9.56. The average Bonchev–Trinajstić information content (AvgIpc) is 2.36. The van der Waals surface area contributed by atoms with Crippen LogP contribution in [0.2, 0.25) is 0 Å². The van der Waals surface area contributed by atoms with E-state index in [-0.39, 0.29) is 0 Å². The molecule has 0 aromatic rings. The Bertz CT molecular complexity index is 284. The van der Waals surface area contributed by atoms with Gasteiger partial charge in [0.05, 0.1) is 6.04 Å². The predicted molar refractivity (Wildman–Crippen MR) is 82.4 cm³/mol. The second-order valence-electron chi connectivity index (χ2n) is 6.00. The SMILES string of the molecule is CCC(NC1=NC(C)CC(C)S1)C1CCCCC1. The molecule has 1 aliphatic carbocycles. The second kappa shape index (κ2) is 6.83. The van der Waals surface area contributed by atoms with E-state index in [1.54, 1.807) is 0 Å². The van der Waals surface area contributed by atoms with E-state index in [0.29, 0.717) is 17.3 Å². The molecule has 1 aliphatic heterocycles. The molecular formula is C15H28N2S. The first-order chi connectivity index (χ1) is 8.69. The van der Waals surface area contributed by atoms with Crippen LogP contribution in [-0.4, -0.2) is 22.5 Å². The van der Waals surface area contributed by atoms with Crippen molar-refractivity contribution < 1.29 is 0 Å². The van der Waals surface area contributed by atoms with Crippen molar-refractivity contribution in [2.75, 3.05) is 0 Å². The van der Waals surface area contributed by atoms with Gasteiger partial charge in [-0.1, -0.05) is 44.9 Å². The highest BCUT2D eigenvalue weighted by atomic mass is 32.2. The minimum Gasteiger partial charge on any atom is -0.362 e. The van der Waals surface area contributed by atoms with E-state index in [0.717, 1.165) is 5.92 Å². The zero-order chi connectivity index (χ0) is 13.0. The monoisotopic (exact) mass is 268 g/mol. The molecule has 3 heteroatoms. The van der Waals surface area contributed by atoms with Crippen molar-refractivity contribution in [2.45, 2.75) is 83.1 Å². The molecule has 0 amide bonds. The van der Waals surface area contributed by atoms with Gasteiger partial charge in [0.2, 0.25) is 0 Å². The molecule has 0 bridgehead atoms. The molecule has 1 N–H and O–H groups in total. The lowest BCUT2D eigenvalue weighted by molar-refractivity contribution is 0.284. The molecule has 0 aromatic carbocycles. The van der Waals surface area contributed by atoms with Crippen LogP contribution in [0.1, 0.15) is 65.7 Å². The smallest absolute Gasteiger partial charge is 0.157 e. The maximum absolute atomic E-state index is 4.78. The van der Waals surface area contributed by atoms with Crippen LogP contribution in [0.3, 0.4) is 0 Å². The Kier molecular flexibility index (Phi) is 5.40. The summed E-state index contributed by atoms with van der Waals surface area (Å²) in [5.74, 6) is 0.875. The van der Waals surface area contributed by atoms with E-state index in [1.165, 1.54) is 50.1 Å². The van der Waals surface area contributed by atoms with Crippen LogP contribution in [0.4, 0.5) is 0 Å². The van der Waals surface area contributed by atoms with E-state index in [9.17, 15) is 0 Å². The Labute approximate surface area is 116 Å². The summed E-state index contributed by atoms with van der Waals surface area (Å²) >= 11 is 1.94. The molecule has 3 unspecified atom stereocenters. The normalized spacial score (nSPS) is 31.8. The molecule has 0 aromatic heterocycles. The third kappa shape index (κ3) is 3.91. The summed E-state index contributed by atoms with van der Waals surface area (Å²) in [5.41, 5.74) is 0. The van der Waals surface area contributed by atoms with E-state index in [4.69, 9.17) is 4.99 Å². The van der Waals surface area contributed by atoms with Gasteiger partial charge in [-0.2, -0.15) is 0 Å². The number of nitrogens with one attached hydrogen (secondary N) is 1. The highest BCUT2D eigenvalue weighted by Gasteiger charge is 2.25. The number of nitrogens with zero attached hydrogens (tertiary/aromatic N) is 1. The zero-order valence-electron chi connectivity index (χ0n) is 12.1. The number of amidine groups is 1. The lowest BCUT2D eigenvalue weighted by atomic mass is 9.83. The van der Waals surface area contributed by atoms with Crippen molar-refractivity contribution in [3.05, 3.63) is 0 Å². The molecule has 2 rings (SSSR count). The van der Waals surface area contributed by atoms with E-state index in [1.807, 2.05) is 11.8 Å². The third-order valence-electron chi connectivity index (χ3n) is 4.29. The van der Waals surface area contributed by atoms with Gasteiger partial charge in [-0.15, -0.1) is 0 Å². The van der Waals surface area contributed by atoms with Crippen molar-refractivity contribution in [3.8, 4) is 0 Å². The quantitative estimate of drug-likeness (QED) is 0.829. The molecule has 1 heterocycles. The lowest BCUT2D eigenvalue weighted by Gasteiger charge is -2.33. The Balaban J connectivity index is 1.92. The van der Waals surface area contributed by atoms with Crippen LogP contribution in [0, 0.1) is 5.92 Å². The summed E-state index contributed by atoms with van der Waals surface area (Å²) in [6, 6.07) is 1.14. The van der Waals surface area contributed by atoms with Crippen LogP contribution in [0.5, 0.6) is 0 Å². The van der Waals surface area contributed by atoms with Gasteiger partial charge in [0.1, 0.15) is 0 Å². The minimum atomic E-state index is 0.493. The number of aliphatic imine (C=N–C) groups is 1. The van der Waals surface area contributed by atoms with Crippen molar-refractivity contribution in [1.29, 1.82) is 0 Å². The molecule has 2 nitrogen and oxygen atoms in total. The van der Waals surface area contributed by atoms with Gasteiger partial charge in [0.25, 0.3) is 0 Å². The second-order valence-corrected chi connectivity index (χ2v) is 7.43. The molecular weight excluding hydrogens is 240 g/mol. The molecule has 0 saturated heterocycles. The van der Waals surface area contributed by atoms with Crippen LogP contribution in [0.25, 0.3) is 0 Å². The largest absolute Gasteiger partial charge is 0.362 e. The van der Waals surface area contributed by atoms with Gasteiger partial charge in [-0.05, 0) is 38.5 Å². The summed E-state index contributed by atoms with van der Waals surface area (Å²) in [4.78, 5) is 4.78. The fraction of sp³-hybridized carbons (Fsp3) is 0.933. The van der Waals surface area contributed by atoms with Crippen molar-refractivity contribution in [3.63, 3.8) is 0 Å². The molecule has 18 heavy (non-hydrogen) atoms. The third-order valence-corrected chi connectivity index (χ3v) is 5.33. The van der Waals surface area contributed by atoms with E-state index < -0.39 is 0 Å². The van der Waals surface area contributed by atoms with E-state index in [2.05, 4.69) is 26.1 Å². The first-order valence-corrected chi connectivity index (χ1v) is 8.58. The Morgan fingerprint density at radius 3 is 2.61 bits per heavy atom. The highest BCUT2D eigenvalue weighted by molar-refractivity contribution is 8.14. The number of rotatable bonds is 3. The Morgan fingerprint density at radius 1 is 1.28 bits per heavy atom. The number of hydrogen-bond acceptors (Lipinski definition) is 3. The molecule has 104 valence electrons. The minimum absolute atomic E-state index is 0.493. The molecule has 2 aliphatic rings. The maximum Gasteiger partial charge on any atom is 0.157 e. The molecule has 0 radical (unpaired) electrons. The van der Waals surface area contributed by atoms with Crippen molar-refractivity contribution in [1.82, 2.24) is 5.32 Å². The Hall–Kier alpha value is -0.180. The summed E-state index contributed by atoms with van der Waals surface area (Å²) in [7, 11) is 0. The highest BCUT2D eigenvalue weighted by Crippen LogP contribution is 2.30. The van der Waals surface area contributed by atoms with Crippen LogP contribution >= 0.6 is 11.8 Å². The standard InChI is InChI=1S/C15H28N2S/c1-4-14(13-8-6-5-7-9-13)17-15-16-11(2)10-12(3)18-15/h11-14H,4-10H2,1-3H3,(H,16,17). The first-order valence-electron chi connectivity index (χ1n) is 7.70. The number of hydrogen-bond donors (Lipinski definition) is 1. The average molecular weight is 268 g/mol.